The van der Waals surface area contributed by atoms with E-state index >= 15 is 0 Å². The molecular formula is C25H29ClN2O6. The van der Waals surface area contributed by atoms with Gasteiger partial charge in [-0.25, -0.2) is 4.79 Å². The number of hydrogen-bond donors (Lipinski definition) is 0. The molecule has 1 saturated heterocycles. The number of carbonyl (C=O) groups is 3. The van der Waals surface area contributed by atoms with Gasteiger partial charge in [0.1, 0.15) is 6.42 Å². The third kappa shape index (κ3) is 7.28. The Balaban J connectivity index is 1.61. The molecule has 34 heavy (non-hydrogen) atoms. The van der Waals surface area contributed by atoms with Crippen molar-refractivity contribution < 1.29 is 28.6 Å². The van der Waals surface area contributed by atoms with Crippen molar-refractivity contribution in [2.45, 2.75) is 19.1 Å². The average molecular weight is 489 g/mol. The van der Waals surface area contributed by atoms with Crippen molar-refractivity contribution in [1.29, 1.82) is 0 Å². The number of piperazine rings is 1. The van der Waals surface area contributed by atoms with Crippen molar-refractivity contribution in [3.8, 4) is 0 Å². The quantitative estimate of drug-likeness (QED) is 0.396. The van der Waals surface area contributed by atoms with E-state index in [1.54, 1.807) is 17.0 Å². The Labute approximate surface area is 204 Å². The summed E-state index contributed by atoms with van der Waals surface area (Å²) < 4.78 is 15.6. The van der Waals surface area contributed by atoms with Gasteiger partial charge >= 0.3 is 11.9 Å². The number of ether oxygens (including phenoxy) is 3. The minimum Gasteiger partial charge on any atom is -0.469 e. The van der Waals surface area contributed by atoms with E-state index in [-0.39, 0.29) is 24.4 Å². The largest absolute Gasteiger partial charge is 0.469 e. The molecule has 0 radical (unpaired) electrons. The maximum atomic E-state index is 12.2. The van der Waals surface area contributed by atoms with Gasteiger partial charge in [0.2, 0.25) is 5.91 Å². The number of amides is 1. The smallest absolute Gasteiger partial charge is 0.337 e. The predicted molar refractivity (Wildman–Crippen MR) is 126 cm³/mol. The highest BCUT2D eigenvalue weighted by Gasteiger charge is 2.25. The van der Waals surface area contributed by atoms with E-state index < -0.39 is 5.97 Å². The summed E-state index contributed by atoms with van der Waals surface area (Å²) in [4.78, 5) is 39.2. The van der Waals surface area contributed by atoms with Crippen LogP contribution in [0.4, 0.5) is 0 Å². The molecule has 1 aliphatic rings. The summed E-state index contributed by atoms with van der Waals surface area (Å²) >= 11 is 6.07. The summed E-state index contributed by atoms with van der Waals surface area (Å²) in [6.07, 6.45) is -0.447. The fraction of sp³-hybridized carbons (Fsp3) is 0.400. The number of nitrogens with zero attached hydrogens (tertiary/aromatic N) is 2. The minimum atomic E-state index is -0.525. The van der Waals surface area contributed by atoms with Crippen LogP contribution in [0.2, 0.25) is 5.02 Å². The Hall–Kier alpha value is -2.94. The van der Waals surface area contributed by atoms with Crippen LogP contribution in [0.25, 0.3) is 0 Å². The fourth-order valence-electron chi connectivity index (χ4n) is 3.71. The monoisotopic (exact) mass is 488 g/mol. The second-order valence-corrected chi connectivity index (χ2v) is 8.41. The number of rotatable bonds is 9. The lowest BCUT2D eigenvalue weighted by atomic mass is 10.1. The van der Waals surface area contributed by atoms with Gasteiger partial charge in [-0.3, -0.25) is 14.5 Å². The molecule has 182 valence electrons. The Kier molecular flexibility index (Phi) is 9.44. The van der Waals surface area contributed by atoms with Gasteiger partial charge in [-0.05, 0) is 35.4 Å². The second-order valence-electron chi connectivity index (χ2n) is 7.97. The Morgan fingerprint density at radius 2 is 1.56 bits per heavy atom. The zero-order chi connectivity index (χ0) is 24.5. The van der Waals surface area contributed by atoms with Crippen molar-refractivity contribution in [2.75, 3.05) is 46.9 Å². The first kappa shape index (κ1) is 25.7. The van der Waals surface area contributed by atoms with Crippen LogP contribution >= 0.6 is 11.6 Å². The minimum absolute atomic E-state index is 0.213. The summed E-state index contributed by atoms with van der Waals surface area (Å²) in [7, 11) is 2.63. The van der Waals surface area contributed by atoms with Crippen LogP contribution in [0.5, 0.6) is 0 Å². The Morgan fingerprint density at radius 3 is 2.15 bits per heavy atom. The standard InChI is InChI=1S/C25H29ClN2O6/c1-32-24(30)15-23(29)28-13-11-27(12-14-28)16-22(19-7-9-21(26)10-8-19)34-17-18-3-5-20(6-4-18)25(31)33-2/h3-10,22H,11-17H2,1-2H3. The molecular weight excluding hydrogens is 460 g/mol. The predicted octanol–water partition coefficient (Wildman–Crippen LogP) is 3.09. The molecule has 1 heterocycles. The van der Waals surface area contributed by atoms with Crippen LogP contribution < -0.4 is 0 Å². The number of methoxy groups -OCH3 is 2. The third-order valence-electron chi connectivity index (χ3n) is 5.74. The van der Waals surface area contributed by atoms with Crippen LogP contribution in [0.3, 0.4) is 0 Å². The third-order valence-corrected chi connectivity index (χ3v) is 5.99. The topological polar surface area (TPSA) is 85.4 Å². The fourth-order valence-corrected chi connectivity index (χ4v) is 3.83. The van der Waals surface area contributed by atoms with Gasteiger partial charge in [0.05, 0.1) is 32.5 Å². The number of esters is 2. The molecule has 1 atom stereocenters. The highest BCUT2D eigenvalue weighted by Crippen LogP contribution is 2.23. The first-order valence-electron chi connectivity index (χ1n) is 11.0. The van der Waals surface area contributed by atoms with Crippen LogP contribution in [0, 0.1) is 0 Å². The first-order chi connectivity index (χ1) is 16.4. The highest BCUT2D eigenvalue weighted by molar-refractivity contribution is 6.30. The lowest BCUT2D eigenvalue weighted by Crippen LogP contribution is -2.50. The molecule has 0 saturated carbocycles. The van der Waals surface area contributed by atoms with Gasteiger partial charge in [0.15, 0.2) is 0 Å². The van der Waals surface area contributed by atoms with E-state index in [9.17, 15) is 14.4 Å². The molecule has 1 aliphatic heterocycles. The molecule has 8 nitrogen and oxygen atoms in total. The Morgan fingerprint density at radius 1 is 0.912 bits per heavy atom. The molecule has 0 aromatic heterocycles. The van der Waals surface area contributed by atoms with E-state index in [1.807, 2.05) is 36.4 Å². The maximum Gasteiger partial charge on any atom is 0.337 e. The number of carbonyl (C=O) groups excluding carboxylic acids is 3. The zero-order valence-corrected chi connectivity index (χ0v) is 20.1. The SMILES string of the molecule is COC(=O)CC(=O)N1CCN(CC(OCc2ccc(C(=O)OC)cc2)c2ccc(Cl)cc2)CC1. The summed E-state index contributed by atoms with van der Waals surface area (Å²) in [5.74, 6) is -1.12. The van der Waals surface area contributed by atoms with Crippen LogP contribution in [0.15, 0.2) is 48.5 Å². The highest BCUT2D eigenvalue weighted by atomic mass is 35.5. The lowest BCUT2D eigenvalue weighted by molar-refractivity contribution is -0.147. The first-order valence-corrected chi connectivity index (χ1v) is 11.4. The molecule has 0 N–H and O–H groups in total. The molecule has 1 unspecified atom stereocenters. The van der Waals surface area contributed by atoms with Gasteiger partial charge in [-0.2, -0.15) is 0 Å². The molecule has 0 bridgehead atoms. The van der Waals surface area contributed by atoms with Crippen LogP contribution in [-0.4, -0.2) is 74.6 Å². The van der Waals surface area contributed by atoms with Crippen molar-refractivity contribution in [3.63, 3.8) is 0 Å². The second kappa shape index (κ2) is 12.5. The number of halogens is 1. The van der Waals surface area contributed by atoms with Crippen molar-refractivity contribution in [2.24, 2.45) is 0 Å². The van der Waals surface area contributed by atoms with Crippen LogP contribution in [-0.2, 0) is 30.4 Å². The van der Waals surface area contributed by atoms with Crippen molar-refractivity contribution >= 4 is 29.4 Å². The molecule has 1 fully saturated rings. The molecule has 0 spiro atoms. The molecule has 0 aliphatic carbocycles. The van der Waals surface area contributed by atoms with E-state index in [4.69, 9.17) is 21.1 Å². The summed E-state index contributed by atoms with van der Waals surface area (Å²) in [6.45, 7) is 3.44. The van der Waals surface area contributed by atoms with E-state index in [2.05, 4.69) is 9.64 Å². The summed E-state index contributed by atoms with van der Waals surface area (Å²) in [5, 5.41) is 0.652. The van der Waals surface area contributed by atoms with Crippen LogP contribution in [0.1, 0.15) is 34.0 Å². The van der Waals surface area contributed by atoms with Crippen molar-refractivity contribution in [3.05, 3.63) is 70.2 Å². The lowest BCUT2D eigenvalue weighted by Gasteiger charge is -2.36. The van der Waals surface area contributed by atoms with E-state index in [0.29, 0.717) is 49.9 Å². The summed E-state index contributed by atoms with van der Waals surface area (Å²) in [6, 6.07) is 14.7. The molecule has 2 aromatic rings. The van der Waals surface area contributed by atoms with Gasteiger partial charge in [-0.1, -0.05) is 35.9 Å². The average Bonchev–Trinajstić information content (AvgIpc) is 2.87. The number of hydrogen-bond acceptors (Lipinski definition) is 7. The Bertz CT molecular complexity index is 972. The van der Waals surface area contributed by atoms with Gasteiger partial charge in [0, 0.05) is 37.7 Å². The molecule has 1 amide bonds. The number of benzene rings is 2. The molecule has 9 heteroatoms. The molecule has 2 aromatic carbocycles. The van der Waals surface area contributed by atoms with E-state index in [1.165, 1.54) is 14.2 Å². The van der Waals surface area contributed by atoms with E-state index in [0.717, 1.165) is 11.1 Å². The molecule has 3 rings (SSSR count). The van der Waals surface area contributed by atoms with Gasteiger partial charge in [0.25, 0.3) is 0 Å². The van der Waals surface area contributed by atoms with Gasteiger partial charge < -0.3 is 19.1 Å². The normalized spacial score (nSPS) is 15.0. The van der Waals surface area contributed by atoms with Crippen molar-refractivity contribution in [1.82, 2.24) is 9.80 Å². The maximum absolute atomic E-state index is 12.2. The summed E-state index contributed by atoms with van der Waals surface area (Å²) in [5.41, 5.74) is 2.42. The zero-order valence-electron chi connectivity index (χ0n) is 19.4. The van der Waals surface area contributed by atoms with Gasteiger partial charge in [-0.15, -0.1) is 0 Å².